The first-order chi connectivity index (χ1) is 22.2. The Hall–Kier alpha value is -2.10. The lowest BCUT2D eigenvalue weighted by Gasteiger charge is -2.62. The second-order valence-corrected chi connectivity index (χ2v) is 14.1. The fourth-order valence-corrected chi connectivity index (χ4v) is 9.00. The summed E-state index contributed by atoms with van der Waals surface area (Å²) in [7, 11) is 0. The van der Waals surface area contributed by atoms with Gasteiger partial charge in [0.15, 0.2) is 29.4 Å². The monoisotopic (exact) mass is 667 g/mol. The van der Waals surface area contributed by atoms with Crippen molar-refractivity contribution in [1.29, 1.82) is 0 Å². The van der Waals surface area contributed by atoms with Gasteiger partial charge < -0.3 is 44.0 Å². The Morgan fingerprint density at radius 1 is 0.979 bits per heavy atom. The van der Waals surface area contributed by atoms with Crippen molar-refractivity contribution in [3.05, 3.63) is 23.8 Å². The molecule has 1 aliphatic heterocycles. The smallest absolute Gasteiger partial charge is 0.332 e. The van der Waals surface area contributed by atoms with Crippen LogP contribution in [0, 0.1) is 22.7 Å². The maximum atomic E-state index is 17.6. The highest BCUT2D eigenvalue weighted by atomic mass is 19.1. The van der Waals surface area contributed by atoms with Crippen molar-refractivity contribution in [1.82, 2.24) is 0 Å². The van der Waals surface area contributed by atoms with Gasteiger partial charge in [0, 0.05) is 23.3 Å². The summed E-state index contributed by atoms with van der Waals surface area (Å²) < 4.78 is 57.0. The molecule has 264 valence electrons. The fraction of sp³-hybridized carbons (Fsp3) is 0.794. The zero-order valence-corrected chi connectivity index (χ0v) is 27.9. The van der Waals surface area contributed by atoms with Crippen LogP contribution in [-0.2, 0) is 47.5 Å². The topological polar surface area (TPSA) is 162 Å². The van der Waals surface area contributed by atoms with Gasteiger partial charge in [-0.2, -0.15) is 0 Å². The standard InChI is InChI=1S/C34H50FNO11/c1-30(2)46-28-18-25-24-6-5-22-17-23(37)7-8-31(22,3)33(24,35)26(38)19-32(25,4)34(28,47-30)27(39)20-45-29(40)21-44-16-15-43-14-13-42-12-11-41-10-9-36/h7-8,17,24-26,28,38H,5-6,9-16,18-21,36H2,1-4H3/t24-,25-,26-,28+,31-,32-,33-,34+/m0/s1. The number of hydrogen-bond acceptors (Lipinski definition) is 12. The number of ether oxygens (including phenoxy) is 7. The normalized spacial score (nSPS) is 38.3. The zero-order valence-electron chi connectivity index (χ0n) is 27.9. The summed E-state index contributed by atoms with van der Waals surface area (Å²) in [6.45, 7) is 9.07. The van der Waals surface area contributed by atoms with Crippen molar-refractivity contribution in [2.45, 2.75) is 82.6 Å². The number of carbonyl (C=O) groups excluding carboxylic acids is 3. The van der Waals surface area contributed by atoms with E-state index < -0.39 is 64.4 Å². The number of halogens is 1. The molecule has 4 fully saturated rings. The number of allylic oxidation sites excluding steroid dienone is 4. The van der Waals surface area contributed by atoms with E-state index in [0.717, 1.165) is 0 Å². The molecule has 0 aromatic carbocycles. The lowest BCUT2D eigenvalue weighted by molar-refractivity contribution is -0.246. The third-order valence-corrected chi connectivity index (χ3v) is 11.0. The van der Waals surface area contributed by atoms with Crippen LogP contribution in [0.15, 0.2) is 23.8 Å². The van der Waals surface area contributed by atoms with Crippen LogP contribution in [-0.4, -0.2) is 118 Å². The molecule has 0 aromatic heterocycles. The minimum Gasteiger partial charge on any atom is -0.456 e. The summed E-state index contributed by atoms with van der Waals surface area (Å²) in [5.74, 6) is -3.53. The molecule has 0 aromatic rings. The van der Waals surface area contributed by atoms with Crippen LogP contribution in [0.25, 0.3) is 0 Å². The summed E-state index contributed by atoms with van der Waals surface area (Å²) in [4.78, 5) is 38.8. The Morgan fingerprint density at radius 2 is 1.62 bits per heavy atom. The number of ketones is 2. The fourth-order valence-electron chi connectivity index (χ4n) is 9.00. The van der Waals surface area contributed by atoms with Gasteiger partial charge in [-0.25, -0.2) is 9.18 Å². The van der Waals surface area contributed by atoms with Gasteiger partial charge in [-0.15, -0.1) is 0 Å². The number of aliphatic hydroxyl groups is 1. The van der Waals surface area contributed by atoms with Gasteiger partial charge in [0.25, 0.3) is 0 Å². The van der Waals surface area contributed by atoms with E-state index in [1.165, 1.54) is 12.2 Å². The van der Waals surface area contributed by atoms with Gasteiger partial charge in [0.2, 0.25) is 5.78 Å². The Balaban J connectivity index is 1.18. The van der Waals surface area contributed by atoms with E-state index in [9.17, 15) is 19.5 Å². The van der Waals surface area contributed by atoms with Crippen LogP contribution in [0.1, 0.15) is 53.4 Å². The van der Waals surface area contributed by atoms with Crippen molar-refractivity contribution < 1.29 is 57.0 Å². The number of esters is 1. The molecule has 1 heterocycles. The molecule has 0 spiro atoms. The second-order valence-electron chi connectivity index (χ2n) is 14.1. The van der Waals surface area contributed by atoms with Crippen LogP contribution in [0.2, 0.25) is 0 Å². The molecular weight excluding hydrogens is 617 g/mol. The highest BCUT2D eigenvalue weighted by Gasteiger charge is 2.80. The molecule has 4 aliphatic carbocycles. The number of nitrogens with two attached hydrogens (primary N) is 1. The zero-order chi connectivity index (χ0) is 34.1. The van der Waals surface area contributed by atoms with E-state index in [4.69, 9.17) is 38.9 Å². The molecule has 0 unspecified atom stereocenters. The highest BCUT2D eigenvalue weighted by Crippen LogP contribution is 2.72. The molecule has 3 saturated carbocycles. The van der Waals surface area contributed by atoms with Crippen molar-refractivity contribution in [3.63, 3.8) is 0 Å². The van der Waals surface area contributed by atoms with Gasteiger partial charge in [0.05, 0.1) is 58.5 Å². The van der Waals surface area contributed by atoms with E-state index >= 15 is 4.39 Å². The summed E-state index contributed by atoms with van der Waals surface area (Å²) in [5, 5.41) is 11.7. The number of aliphatic hydroxyl groups excluding tert-OH is 1. The van der Waals surface area contributed by atoms with Gasteiger partial charge in [0.1, 0.15) is 6.61 Å². The molecule has 12 nitrogen and oxygen atoms in total. The Kier molecular flexibility index (Phi) is 10.8. The second kappa shape index (κ2) is 14.0. The molecule has 0 bridgehead atoms. The van der Waals surface area contributed by atoms with E-state index in [0.29, 0.717) is 64.4 Å². The molecule has 3 N–H and O–H groups in total. The summed E-state index contributed by atoms with van der Waals surface area (Å²) >= 11 is 0. The molecule has 0 radical (unpaired) electrons. The molecule has 5 rings (SSSR count). The molecule has 0 amide bonds. The maximum absolute atomic E-state index is 17.6. The van der Waals surface area contributed by atoms with Crippen LogP contribution >= 0.6 is 0 Å². The largest absolute Gasteiger partial charge is 0.456 e. The summed E-state index contributed by atoms with van der Waals surface area (Å²) in [5.41, 5.74) is 0.226. The average Bonchev–Trinajstić information content (AvgIpc) is 3.43. The Labute approximate surface area is 275 Å². The first-order valence-corrected chi connectivity index (χ1v) is 16.6. The van der Waals surface area contributed by atoms with Crippen LogP contribution in [0.4, 0.5) is 4.39 Å². The number of Topliss-reactive ketones (excluding diaryl/α,β-unsaturated/α-hetero) is 1. The number of alkyl halides is 1. The van der Waals surface area contributed by atoms with Crippen molar-refractivity contribution in [2.75, 3.05) is 66.0 Å². The van der Waals surface area contributed by atoms with Gasteiger partial charge in [-0.05, 0) is 64.5 Å². The SMILES string of the molecule is CC1(C)O[C@@H]2C[C@H]3[C@@H]4CCC5=CC(=O)C=C[C@]5(C)[C@@]4(F)[C@@H](O)C[C@]3(C)[C@]2(C(=O)COC(=O)COCCOCCOCCOCCN)O1. The summed E-state index contributed by atoms with van der Waals surface area (Å²) in [6, 6.07) is 0. The van der Waals surface area contributed by atoms with Crippen molar-refractivity contribution in [3.8, 4) is 0 Å². The minimum absolute atomic E-state index is 0.0683. The van der Waals surface area contributed by atoms with Gasteiger partial charge >= 0.3 is 5.97 Å². The van der Waals surface area contributed by atoms with Crippen LogP contribution in [0.5, 0.6) is 0 Å². The van der Waals surface area contributed by atoms with Crippen molar-refractivity contribution >= 4 is 17.5 Å². The molecule has 8 atom stereocenters. The molecule has 13 heteroatoms. The van der Waals surface area contributed by atoms with E-state index in [1.807, 2.05) is 6.92 Å². The third kappa shape index (κ3) is 6.38. The van der Waals surface area contributed by atoms with Crippen molar-refractivity contribution in [2.24, 2.45) is 28.4 Å². The predicted molar refractivity (Wildman–Crippen MR) is 165 cm³/mol. The maximum Gasteiger partial charge on any atom is 0.332 e. The van der Waals surface area contributed by atoms with Gasteiger partial charge in [-0.1, -0.05) is 18.6 Å². The lowest BCUT2D eigenvalue weighted by atomic mass is 9.44. The van der Waals surface area contributed by atoms with E-state index in [-0.39, 0.29) is 37.9 Å². The van der Waals surface area contributed by atoms with Crippen LogP contribution in [0.3, 0.4) is 0 Å². The minimum atomic E-state index is -2.06. The highest BCUT2D eigenvalue weighted by molar-refractivity contribution is 6.01. The van der Waals surface area contributed by atoms with E-state index in [2.05, 4.69) is 0 Å². The average molecular weight is 668 g/mol. The first-order valence-electron chi connectivity index (χ1n) is 16.6. The molecule has 1 saturated heterocycles. The molecule has 5 aliphatic rings. The third-order valence-electron chi connectivity index (χ3n) is 11.0. The van der Waals surface area contributed by atoms with Crippen LogP contribution < -0.4 is 5.73 Å². The Bertz CT molecular complexity index is 1260. The quantitative estimate of drug-likeness (QED) is 0.182. The van der Waals surface area contributed by atoms with E-state index in [1.54, 1.807) is 26.8 Å². The lowest BCUT2D eigenvalue weighted by Crippen LogP contribution is -2.70. The molecular formula is C34H50FNO11. The number of fused-ring (bicyclic) bond motifs is 7. The van der Waals surface area contributed by atoms with Gasteiger partial charge in [-0.3, -0.25) is 9.59 Å². The number of carbonyl (C=O) groups is 3. The summed E-state index contributed by atoms with van der Waals surface area (Å²) in [6.07, 6.45) is 3.48. The number of hydrogen-bond donors (Lipinski definition) is 2. The first kappa shape index (κ1) is 36.2. The molecule has 47 heavy (non-hydrogen) atoms. The Morgan fingerprint density at radius 3 is 2.28 bits per heavy atom. The number of rotatable bonds is 16. The predicted octanol–water partition coefficient (Wildman–Crippen LogP) is 1.99.